The number of alkyl halides is 3. The summed E-state index contributed by atoms with van der Waals surface area (Å²) in [6.45, 7) is 4.42. The van der Waals surface area contributed by atoms with Crippen LogP contribution in [-0.4, -0.2) is 29.6 Å². The highest BCUT2D eigenvalue weighted by Gasteiger charge is 2.31. The summed E-state index contributed by atoms with van der Waals surface area (Å²) in [5.41, 5.74) is 0.421. The van der Waals surface area contributed by atoms with E-state index < -0.39 is 12.3 Å². The van der Waals surface area contributed by atoms with Gasteiger partial charge in [-0.25, -0.2) is 0 Å². The first kappa shape index (κ1) is 24.2. The number of amides is 2. The summed E-state index contributed by atoms with van der Waals surface area (Å²) in [6, 6.07) is 11.7. The zero-order valence-corrected chi connectivity index (χ0v) is 18.3. The number of benzene rings is 2. The molecule has 0 bridgehead atoms. The van der Waals surface area contributed by atoms with E-state index in [-0.39, 0.29) is 29.2 Å². The van der Waals surface area contributed by atoms with Crippen LogP contribution in [0.15, 0.2) is 60.8 Å². The molecule has 2 amide bonds. The zero-order chi connectivity index (χ0) is 24.0. The minimum Gasteiger partial charge on any atom is -0.455 e. The van der Waals surface area contributed by atoms with E-state index in [9.17, 15) is 22.8 Å². The predicted molar refractivity (Wildman–Crippen MR) is 117 cm³/mol. The molecule has 1 N–H and O–H groups in total. The van der Waals surface area contributed by atoms with Crippen molar-refractivity contribution in [3.05, 3.63) is 60.8 Å². The number of anilines is 1. The molecular weight excluding hydrogens is 437 g/mol. The van der Waals surface area contributed by atoms with Gasteiger partial charge in [0.2, 0.25) is 11.8 Å². The maximum atomic E-state index is 12.8. The number of hydrogen-bond donors (Lipinski definition) is 1. The molecule has 0 aromatic heterocycles. The molecule has 3 rings (SSSR count). The van der Waals surface area contributed by atoms with E-state index in [0.717, 1.165) is 12.1 Å². The van der Waals surface area contributed by atoms with Gasteiger partial charge in [0.05, 0.1) is 11.6 Å². The first-order chi connectivity index (χ1) is 15.6. The molecule has 9 heteroatoms. The average Bonchev–Trinajstić information content (AvgIpc) is 2.75. The molecule has 0 fully saturated rings. The minimum absolute atomic E-state index is 0.0329. The monoisotopic (exact) mass is 462 g/mol. The van der Waals surface area contributed by atoms with Crippen LogP contribution in [-0.2, 0) is 9.59 Å². The quantitative estimate of drug-likeness (QED) is 0.571. The number of ether oxygens (including phenoxy) is 2. The fourth-order valence-corrected chi connectivity index (χ4v) is 3.27. The number of carbonyl (C=O) groups is 2. The molecule has 33 heavy (non-hydrogen) atoms. The second-order valence-corrected chi connectivity index (χ2v) is 8.03. The second-order valence-electron chi connectivity index (χ2n) is 8.03. The van der Waals surface area contributed by atoms with Crippen LogP contribution in [0.5, 0.6) is 17.2 Å². The Kier molecular flexibility index (Phi) is 7.63. The Morgan fingerprint density at radius 2 is 1.76 bits per heavy atom. The number of nitrogens with one attached hydrogen (secondary N) is 1. The largest absolute Gasteiger partial charge is 0.573 e. The number of halogens is 3. The van der Waals surface area contributed by atoms with E-state index in [1.54, 1.807) is 41.4 Å². The molecule has 1 unspecified atom stereocenters. The Bertz CT molecular complexity index is 1000. The number of hydrogen-bond acceptors (Lipinski definition) is 4. The molecule has 0 saturated carbocycles. The van der Waals surface area contributed by atoms with Gasteiger partial charge in [-0.1, -0.05) is 32.1 Å². The van der Waals surface area contributed by atoms with Crippen molar-refractivity contribution < 1.29 is 32.2 Å². The van der Waals surface area contributed by atoms with Crippen LogP contribution in [0.4, 0.5) is 18.9 Å². The van der Waals surface area contributed by atoms with E-state index in [4.69, 9.17) is 4.74 Å². The molecule has 1 aliphatic rings. The highest BCUT2D eigenvalue weighted by Crippen LogP contribution is 2.32. The van der Waals surface area contributed by atoms with Gasteiger partial charge in [-0.3, -0.25) is 9.59 Å². The summed E-state index contributed by atoms with van der Waals surface area (Å²) in [7, 11) is 0. The molecule has 1 atom stereocenters. The Hall–Kier alpha value is -3.49. The van der Waals surface area contributed by atoms with Gasteiger partial charge in [-0.05, 0) is 48.7 Å². The lowest BCUT2D eigenvalue weighted by Crippen LogP contribution is -2.34. The number of nitrogens with zero attached hydrogens (tertiary/aromatic N) is 1. The van der Waals surface area contributed by atoms with Crippen LogP contribution in [0.25, 0.3) is 0 Å². The molecule has 176 valence electrons. The van der Waals surface area contributed by atoms with E-state index in [2.05, 4.69) is 10.1 Å². The van der Waals surface area contributed by atoms with Gasteiger partial charge in [-0.2, -0.15) is 0 Å². The predicted octanol–water partition coefficient (Wildman–Crippen LogP) is 5.72. The van der Waals surface area contributed by atoms with Crippen molar-refractivity contribution in [1.29, 1.82) is 0 Å². The van der Waals surface area contributed by atoms with E-state index in [1.807, 2.05) is 13.8 Å². The van der Waals surface area contributed by atoms with Crippen LogP contribution in [0.2, 0.25) is 0 Å². The average molecular weight is 462 g/mol. The van der Waals surface area contributed by atoms with Crippen molar-refractivity contribution in [3.63, 3.8) is 0 Å². The van der Waals surface area contributed by atoms with Crippen molar-refractivity contribution in [3.8, 4) is 17.2 Å². The Balaban J connectivity index is 1.63. The molecule has 0 spiro atoms. The van der Waals surface area contributed by atoms with E-state index >= 15 is 0 Å². The molecule has 1 heterocycles. The number of carbonyl (C=O) groups excluding carboxylic acids is 2. The third kappa shape index (κ3) is 7.27. The van der Waals surface area contributed by atoms with Crippen LogP contribution < -0.4 is 14.8 Å². The molecule has 0 radical (unpaired) electrons. The maximum Gasteiger partial charge on any atom is 0.573 e. The van der Waals surface area contributed by atoms with E-state index in [1.165, 1.54) is 12.1 Å². The summed E-state index contributed by atoms with van der Waals surface area (Å²) < 4.78 is 46.5. The topological polar surface area (TPSA) is 67.9 Å². The molecule has 2 aromatic carbocycles. The normalized spacial score (nSPS) is 15.9. The van der Waals surface area contributed by atoms with Crippen molar-refractivity contribution in [2.75, 3.05) is 11.9 Å². The Morgan fingerprint density at radius 1 is 1.09 bits per heavy atom. The van der Waals surface area contributed by atoms with Gasteiger partial charge in [0.1, 0.15) is 11.5 Å². The van der Waals surface area contributed by atoms with Crippen molar-refractivity contribution in [2.45, 2.75) is 33.1 Å². The third-order valence-corrected chi connectivity index (χ3v) is 4.85. The lowest BCUT2D eigenvalue weighted by atomic mass is 10.0. The SMILES string of the molecule is CC(C)CC(=O)N1C=CC(C(=O)Nc2ccccc2Oc2ccc(OC(F)(F)F)cc2)CC1. The Morgan fingerprint density at radius 3 is 2.36 bits per heavy atom. The van der Waals surface area contributed by atoms with Gasteiger partial charge in [-0.15, -0.1) is 13.2 Å². The summed E-state index contributed by atoms with van der Waals surface area (Å²) in [4.78, 5) is 26.6. The zero-order valence-electron chi connectivity index (χ0n) is 18.3. The van der Waals surface area contributed by atoms with Crippen LogP contribution >= 0.6 is 0 Å². The van der Waals surface area contributed by atoms with Gasteiger partial charge in [0.15, 0.2) is 5.75 Å². The lowest BCUT2D eigenvalue weighted by molar-refractivity contribution is -0.274. The van der Waals surface area contributed by atoms with Crippen molar-refractivity contribution in [1.82, 2.24) is 4.90 Å². The third-order valence-electron chi connectivity index (χ3n) is 4.85. The fourth-order valence-electron chi connectivity index (χ4n) is 3.27. The smallest absolute Gasteiger partial charge is 0.455 e. The van der Waals surface area contributed by atoms with Gasteiger partial charge in [0, 0.05) is 19.2 Å². The molecule has 6 nitrogen and oxygen atoms in total. The van der Waals surface area contributed by atoms with Crippen molar-refractivity contribution in [2.24, 2.45) is 11.8 Å². The number of para-hydroxylation sites is 2. The van der Waals surface area contributed by atoms with Crippen LogP contribution in [0, 0.1) is 11.8 Å². The van der Waals surface area contributed by atoms with Crippen LogP contribution in [0.1, 0.15) is 26.7 Å². The molecule has 0 aliphatic carbocycles. The standard InChI is InChI=1S/C24H25F3N2O4/c1-16(2)15-22(30)29-13-11-17(12-14-29)23(31)28-20-5-3-4-6-21(20)32-18-7-9-19(10-8-18)33-24(25,26)27/h3-11,13,16-17H,12,14-15H2,1-2H3,(H,28,31). The van der Waals surface area contributed by atoms with Crippen LogP contribution in [0.3, 0.4) is 0 Å². The molecule has 1 aliphatic heterocycles. The summed E-state index contributed by atoms with van der Waals surface area (Å²) in [5, 5.41) is 2.83. The maximum absolute atomic E-state index is 12.8. The van der Waals surface area contributed by atoms with Gasteiger partial charge in [0.25, 0.3) is 0 Å². The summed E-state index contributed by atoms with van der Waals surface area (Å²) in [6.07, 6.45) is -0.456. The van der Waals surface area contributed by atoms with Gasteiger partial charge >= 0.3 is 6.36 Å². The summed E-state index contributed by atoms with van der Waals surface area (Å²) >= 11 is 0. The lowest BCUT2D eigenvalue weighted by Gasteiger charge is -2.26. The second kappa shape index (κ2) is 10.4. The van der Waals surface area contributed by atoms with Gasteiger partial charge < -0.3 is 19.7 Å². The highest BCUT2D eigenvalue weighted by molar-refractivity contribution is 5.95. The first-order valence-corrected chi connectivity index (χ1v) is 10.5. The van der Waals surface area contributed by atoms with E-state index in [0.29, 0.717) is 30.8 Å². The minimum atomic E-state index is -4.77. The first-order valence-electron chi connectivity index (χ1n) is 10.5. The fraction of sp³-hybridized carbons (Fsp3) is 0.333. The molecule has 0 saturated heterocycles. The number of rotatable bonds is 7. The molecule has 2 aromatic rings. The Labute approximate surface area is 190 Å². The molecular formula is C24H25F3N2O4. The highest BCUT2D eigenvalue weighted by atomic mass is 19.4. The van der Waals surface area contributed by atoms with Crippen molar-refractivity contribution >= 4 is 17.5 Å². The summed E-state index contributed by atoms with van der Waals surface area (Å²) in [5.74, 6) is -0.0946.